The third-order valence-electron chi connectivity index (χ3n) is 2.78. The van der Waals surface area contributed by atoms with Crippen LogP contribution in [0.15, 0.2) is 57.4 Å². The lowest BCUT2D eigenvalue weighted by Gasteiger charge is -2.02. The van der Waals surface area contributed by atoms with Crippen LogP contribution in [0.25, 0.3) is 11.0 Å². The van der Waals surface area contributed by atoms with E-state index >= 15 is 0 Å². The number of carbonyl (C=O) groups excluding carboxylic acids is 1. The van der Waals surface area contributed by atoms with Gasteiger partial charge in [-0.3, -0.25) is 4.79 Å². The van der Waals surface area contributed by atoms with Crippen molar-refractivity contribution in [3.63, 3.8) is 0 Å². The Morgan fingerprint density at radius 3 is 2.80 bits per heavy atom. The van der Waals surface area contributed by atoms with Crippen LogP contribution in [0.3, 0.4) is 0 Å². The molecule has 20 heavy (non-hydrogen) atoms. The van der Waals surface area contributed by atoms with Crippen molar-refractivity contribution in [1.82, 2.24) is 0 Å². The van der Waals surface area contributed by atoms with Gasteiger partial charge in [0.25, 0.3) is 5.91 Å². The van der Waals surface area contributed by atoms with Crippen molar-refractivity contribution in [2.45, 2.75) is 0 Å². The maximum atomic E-state index is 12.1. The second-order valence-electron chi connectivity index (χ2n) is 4.26. The summed E-state index contributed by atoms with van der Waals surface area (Å²) in [6.45, 7) is 0. The molecule has 0 atom stereocenters. The van der Waals surface area contributed by atoms with Gasteiger partial charge in [0.1, 0.15) is 5.58 Å². The zero-order valence-electron chi connectivity index (χ0n) is 10.2. The van der Waals surface area contributed by atoms with E-state index in [-0.39, 0.29) is 11.7 Å². The van der Waals surface area contributed by atoms with Crippen LogP contribution in [-0.4, -0.2) is 5.91 Å². The molecule has 1 aromatic heterocycles. The first kappa shape index (κ1) is 13.2. The minimum absolute atomic E-state index is 0.262. The standard InChI is InChI=1S/C15H9BrClNO2/c16-10-4-5-13-9(6-10)7-14(20-13)15(19)18-12-3-1-2-11(17)8-12/h1-8H,(H,18,19). The van der Waals surface area contributed by atoms with Gasteiger partial charge in [0.15, 0.2) is 5.76 Å². The average molecular weight is 351 g/mol. The number of amides is 1. The summed E-state index contributed by atoms with van der Waals surface area (Å²) < 4.78 is 6.46. The highest BCUT2D eigenvalue weighted by atomic mass is 79.9. The Kier molecular flexibility index (Phi) is 3.51. The lowest BCUT2D eigenvalue weighted by atomic mass is 10.2. The van der Waals surface area contributed by atoms with E-state index in [2.05, 4.69) is 21.2 Å². The monoisotopic (exact) mass is 349 g/mol. The second-order valence-corrected chi connectivity index (χ2v) is 5.61. The van der Waals surface area contributed by atoms with E-state index in [0.29, 0.717) is 16.3 Å². The number of fused-ring (bicyclic) bond motifs is 1. The fraction of sp³-hybridized carbons (Fsp3) is 0. The lowest BCUT2D eigenvalue weighted by molar-refractivity contribution is 0.0998. The van der Waals surface area contributed by atoms with Gasteiger partial charge in [-0.1, -0.05) is 33.6 Å². The van der Waals surface area contributed by atoms with E-state index in [4.69, 9.17) is 16.0 Å². The molecule has 1 amide bonds. The van der Waals surface area contributed by atoms with Gasteiger partial charge in [-0.2, -0.15) is 0 Å². The van der Waals surface area contributed by atoms with Crippen LogP contribution in [0.4, 0.5) is 5.69 Å². The summed E-state index contributed by atoms with van der Waals surface area (Å²) >= 11 is 9.26. The number of furan rings is 1. The Morgan fingerprint density at radius 2 is 2.00 bits per heavy atom. The lowest BCUT2D eigenvalue weighted by Crippen LogP contribution is -2.10. The number of nitrogens with one attached hydrogen (secondary N) is 1. The molecule has 3 rings (SSSR count). The molecule has 2 aromatic carbocycles. The first-order valence-electron chi connectivity index (χ1n) is 5.88. The molecule has 0 spiro atoms. The van der Waals surface area contributed by atoms with Crippen molar-refractivity contribution < 1.29 is 9.21 Å². The third-order valence-corrected chi connectivity index (χ3v) is 3.51. The number of hydrogen-bond acceptors (Lipinski definition) is 2. The Hall–Kier alpha value is -1.78. The number of anilines is 1. The molecule has 1 N–H and O–H groups in total. The van der Waals surface area contributed by atoms with Crippen molar-refractivity contribution in [2.24, 2.45) is 0 Å². The molecule has 3 aromatic rings. The molecule has 0 aliphatic carbocycles. The quantitative estimate of drug-likeness (QED) is 0.698. The summed E-state index contributed by atoms with van der Waals surface area (Å²) in [5.74, 6) is -0.0438. The van der Waals surface area contributed by atoms with Crippen LogP contribution in [0, 0.1) is 0 Å². The second kappa shape index (κ2) is 5.31. The van der Waals surface area contributed by atoms with Gasteiger partial charge in [0, 0.05) is 20.6 Å². The Labute approximate surface area is 128 Å². The van der Waals surface area contributed by atoms with Crippen LogP contribution in [0.1, 0.15) is 10.6 Å². The summed E-state index contributed by atoms with van der Waals surface area (Å²) in [6.07, 6.45) is 0. The number of benzene rings is 2. The van der Waals surface area contributed by atoms with Crippen LogP contribution in [0.5, 0.6) is 0 Å². The molecule has 0 saturated carbocycles. The van der Waals surface area contributed by atoms with Crippen LogP contribution >= 0.6 is 27.5 Å². The first-order valence-corrected chi connectivity index (χ1v) is 7.05. The highest BCUT2D eigenvalue weighted by Crippen LogP contribution is 2.24. The summed E-state index contributed by atoms with van der Waals surface area (Å²) in [6, 6.07) is 14.3. The molecule has 1 heterocycles. The largest absolute Gasteiger partial charge is 0.451 e. The van der Waals surface area contributed by atoms with Gasteiger partial charge in [-0.25, -0.2) is 0 Å². The minimum atomic E-state index is -0.306. The van der Waals surface area contributed by atoms with E-state index in [9.17, 15) is 4.79 Å². The summed E-state index contributed by atoms with van der Waals surface area (Å²) in [4.78, 5) is 12.1. The summed E-state index contributed by atoms with van der Waals surface area (Å²) in [5.41, 5.74) is 1.30. The predicted molar refractivity (Wildman–Crippen MR) is 83.3 cm³/mol. The number of halogens is 2. The smallest absolute Gasteiger partial charge is 0.291 e. The highest BCUT2D eigenvalue weighted by Gasteiger charge is 2.12. The molecular weight excluding hydrogens is 342 g/mol. The first-order chi connectivity index (χ1) is 9.61. The van der Waals surface area contributed by atoms with E-state index in [1.807, 2.05) is 18.2 Å². The maximum Gasteiger partial charge on any atom is 0.291 e. The molecule has 0 radical (unpaired) electrons. The molecular formula is C15H9BrClNO2. The number of rotatable bonds is 2. The van der Waals surface area contributed by atoms with Gasteiger partial charge in [0.05, 0.1) is 0 Å². The maximum absolute atomic E-state index is 12.1. The average Bonchev–Trinajstić information content (AvgIpc) is 2.81. The molecule has 0 aliphatic rings. The number of hydrogen-bond donors (Lipinski definition) is 1. The van der Waals surface area contributed by atoms with Gasteiger partial charge in [0.2, 0.25) is 0 Å². The summed E-state index contributed by atoms with van der Waals surface area (Å²) in [7, 11) is 0. The van der Waals surface area contributed by atoms with Crippen molar-refractivity contribution >= 4 is 50.1 Å². The van der Waals surface area contributed by atoms with Crippen molar-refractivity contribution in [3.8, 4) is 0 Å². The van der Waals surface area contributed by atoms with Gasteiger partial charge in [-0.05, 0) is 42.5 Å². The fourth-order valence-electron chi connectivity index (χ4n) is 1.89. The normalized spacial score (nSPS) is 10.7. The SMILES string of the molecule is O=C(Nc1cccc(Cl)c1)c1cc2cc(Br)ccc2o1. The van der Waals surface area contributed by atoms with Crippen LogP contribution in [-0.2, 0) is 0 Å². The molecule has 3 nitrogen and oxygen atoms in total. The third kappa shape index (κ3) is 2.71. The molecule has 0 saturated heterocycles. The minimum Gasteiger partial charge on any atom is -0.451 e. The molecule has 0 bridgehead atoms. The van der Waals surface area contributed by atoms with E-state index in [1.165, 1.54) is 0 Å². The van der Waals surface area contributed by atoms with Gasteiger partial charge in [-0.15, -0.1) is 0 Å². The van der Waals surface area contributed by atoms with E-state index in [1.54, 1.807) is 30.3 Å². The van der Waals surface area contributed by atoms with Gasteiger partial charge < -0.3 is 9.73 Å². The topological polar surface area (TPSA) is 42.2 Å². The summed E-state index contributed by atoms with van der Waals surface area (Å²) in [5, 5.41) is 4.18. The highest BCUT2D eigenvalue weighted by molar-refractivity contribution is 9.10. The van der Waals surface area contributed by atoms with Gasteiger partial charge >= 0.3 is 0 Å². The zero-order valence-corrected chi connectivity index (χ0v) is 12.5. The molecule has 0 fully saturated rings. The Morgan fingerprint density at radius 1 is 1.15 bits per heavy atom. The predicted octanol–water partition coefficient (Wildman–Crippen LogP) is 5.10. The zero-order chi connectivity index (χ0) is 14.1. The van der Waals surface area contributed by atoms with Crippen LogP contribution in [0.2, 0.25) is 5.02 Å². The molecule has 0 aliphatic heterocycles. The molecule has 0 unspecified atom stereocenters. The van der Waals surface area contributed by atoms with Crippen molar-refractivity contribution in [1.29, 1.82) is 0 Å². The van der Waals surface area contributed by atoms with Crippen LogP contribution < -0.4 is 5.32 Å². The molecule has 100 valence electrons. The fourth-order valence-corrected chi connectivity index (χ4v) is 2.45. The van der Waals surface area contributed by atoms with Crippen molar-refractivity contribution in [3.05, 3.63) is 63.8 Å². The van der Waals surface area contributed by atoms with E-state index in [0.717, 1.165) is 9.86 Å². The number of carbonyl (C=O) groups is 1. The van der Waals surface area contributed by atoms with E-state index < -0.39 is 0 Å². The van der Waals surface area contributed by atoms with Crippen molar-refractivity contribution in [2.75, 3.05) is 5.32 Å². The Bertz CT molecular complexity index is 797. The molecule has 5 heteroatoms. The Balaban J connectivity index is 1.88.